The quantitative estimate of drug-likeness (QED) is 0.383. The zero-order valence-electron chi connectivity index (χ0n) is 15.4. The summed E-state index contributed by atoms with van der Waals surface area (Å²) in [6.45, 7) is 7.17. The van der Waals surface area contributed by atoms with Gasteiger partial charge in [-0.3, -0.25) is 4.99 Å². The maximum Gasteiger partial charge on any atom is 0.191 e. The summed E-state index contributed by atoms with van der Waals surface area (Å²) in [5, 5.41) is 8.85. The maximum absolute atomic E-state index is 5.71. The van der Waals surface area contributed by atoms with Crippen LogP contribution >= 0.6 is 35.3 Å². The van der Waals surface area contributed by atoms with Gasteiger partial charge in [0.15, 0.2) is 17.5 Å². The van der Waals surface area contributed by atoms with E-state index >= 15 is 0 Å². The summed E-state index contributed by atoms with van der Waals surface area (Å²) < 4.78 is 11.3. The third-order valence-electron chi connectivity index (χ3n) is 4.26. The number of aliphatic imine (C=N–C) groups is 1. The molecule has 1 aliphatic heterocycles. The van der Waals surface area contributed by atoms with Crippen molar-refractivity contribution in [3.63, 3.8) is 0 Å². The molecule has 0 aliphatic carbocycles. The Balaban J connectivity index is 0.00000243. The molecular formula is C19H26IN3O2S. The zero-order valence-corrected chi connectivity index (χ0v) is 18.5. The van der Waals surface area contributed by atoms with Crippen LogP contribution in [-0.2, 0) is 12.0 Å². The fourth-order valence-electron chi connectivity index (χ4n) is 2.68. The molecule has 0 saturated heterocycles. The molecular weight excluding hydrogens is 461 g/mol. The highest BCUT2D eigenvalue weighted by atomic mass is 127. The second kappa shape index (κ2) is 9.45. The first-order valence-corrected chi connectivity index (χ1v) is 9.33. The van der Waals surface area contributed by atoms with Crippen molar-refractivity contribution in [2.24, 2.45) is 4.99 Å². The molecule has 1 aromatic heterocycles. The lowest BCUT2D eigenvalue weighted by molar-refractivity contribution is 0.171. The fourth-order valence-corrected chi connectivity index (χ4v) is 3.32. The largest absolute Gasteiger partial charge is 0.486 e. The van der Waals surface area contributed by atoms with Crippen LogP contribution in [0, 0.1) is 0 Å². The molecule has 0 spiro atoms. The smallest absolute Gasteiger partial charge is 0.191 e. The molecule has 1 aliphatic rings. The van der Waals surface area contributed by atoms with E-state index in [1.165, 1.54) is 10.4 Å². The first kappa shape index (κ1) is 20.8. The Morgan fingerprint density at radius 2 is 1.92 bits per heavy atom. The maximum atomic E-state index is 5.71. The van der Waals surface area contributed by atoms with E-state index in [4.69, 9.17) is 9.47 Å². The number of benzene rings is 1. The van der Waals surface area contributed by atoms with Crippen LogP contribution < -0.4 is 20.1 Å². The molecule has 0 radical (unpaired) electrons. The normalized spacial score (nSPS) is 13.7. The lowest BCUT2D eigenvalue weighted by Gasteiger charge is -2.28. The molecule has 0 saturated carbocycles. The molecule has 1 aromatic carbocycles. The average Bonchev–Trinajstić information content (AvgIpc) is 3.15. The second-order valence-corrected chi connectivity index (χ2v) is 7.63. The van der Waals surface area contributed by atoms with Crippen molar-refractivity contribution in [3.05, 3.63) is 46.2 Å². The minimum absolute atomic E-state index is 0. The van der Waals surface area contributed by atoms with Crippen molar-refractivity contribution in [3.8, 4) is 11.5 Å². The molecule has 2 heterocycles. The highest BCUT2D eigenvalue weighted by Crippen LogP contribution is 2.34. The van der Waals surface area contributed by atoms with Gasteiger partial charge in [-0.15, -0.1) is 35.3 Å². The van der Waals surface area contributed by atoms with Gasteiger partial charge >= 0.3 is 0 Å². The van der Waals surface area contributed by atoms with Crippen molar-refractivity contribution < 1.29 is 9.47 Å². The van der Waals surface area contributed by atoms with Crippen molar-refractivity contribution in [1.29, 1.82) is 0 Å². The summed E-state index contributed by atoms with van der Waals surface area (Å²) >= 11 is 1.74. The summed E-state index contributed by atoms with van der Waals surface area (Å²) in [7, 11) is 1.79. The van der Waals surface area contributed by atoms with E-state index in [1.807, 2.05) is 6.07 Å². The number of hydrogen-bond donors (Lipinski definition) is 2. The Morgan fingerprint density at radius 1 is 1.15 bits per heavy atom. The average molecular weight is 487 g/mol. The van der Waals surface area contributed by atoms with E-state index in [-0.39, 0.29) is 29.4 Å². The molecule has 3 rings (SSSR count). The van der Waals surface area contributed by atoms with Gasteiger partial charge in [-0.1, -0.05) is 26.0 Å². The third kappa shape index (κ3) is 5.26. The predicted molar refractivity (Wildman–Crippen MR) is 118 cm³/mol. The van der Waals surface area contributed by atoms with Crippen molar-refractivity contribution in [2.45, 2.75) is 25.8 Å². The molecule has 2 aromatic rings. The monoisotopic (exact) mass is 487 g/mol. The van der Waals surface area contributed by atoms with Gasteiger partial charge in [-0.25, -0.2) is 0 Å². The van der Waals surface area contributed by atoms with Crippen LogP contribution in [0.25, 0.3) is 0 Å². The summed E-state index contributed by atoms with van der Waals surface area (Å²) in [6, 6.07) is 10.4. The van der Waals surface area contributed by atoms with Crippen LogP contribution in [0.4, 0.5) is 0 Å². The van der Waals surface area contributed by atoms with Gasteiger partial charge in [0.2, 0.25) is 0 Å². The van der Waals surface area contributed by atoms with E-state index in [0.29, 0.717) is 13.2 Å². The van der Waals surface area contributed by atoms with E-state index in [9.17, 15) is 0 Å². The molecule has 0 amide bonds. The van der Waals surface area contributed by atoms with Gasteiger partial charge in [-0.05, 0) is 29.1 Å². The molecule has 0 atom stereocenters. The standard InChI is InChI=1S/C19H25N3O2S.HI/c1-19(2,14-6-7-16-17(11-14)24-9-8-23-16)13-22-18(20-3)21-12-15-5-4-10-25-15;/h4-7,10-11H,8-9,12-13H2,1-3H3,(H2,20,21,22);1H. The number of hydrogen-bond acceptors (Lipinski definition) is 4. The number of guanidine groups is 1. The van der Waals surface area contributed by atoms with Crippen LogP contribution in [0.5, 0.6) is 11.5 Å². The fraction of sp³-hybridized carbons (Fsp3) is 0.421. The predicted octanol–water partition coefficient (Wildman–Crippen LogP) is 3.78. The summed E-state index contributed by atoms with van der Waals surface area (Å²) in [6.07, 6.45) is 0. The Morgan fingerprint density at radius 3 is 2.62 bits per heavy atom. The topological polar surface area (TPSA) is 54.9 Å². The molecule has 142 valence electrons. The number of ether oxygens (including phenoxy) is 2. The van der Waals surface area contributed by atoms with Crippen molar-refractivity contribution >= 4 is 41.3 Å². The number of rotatable bonds is 5. The minimum atomic E-state index is -0.0730. The Kier molecular flexibility index (Phi) is 7.57. The molecule has 5 nitrogen and oxygen atoms in total. The number of fused-ring (bicyclic) bond motifs is 1. The molecule has 0 fully saturated rings. The van der Waals surface area contributed by atoms with Gasteiger partial charge in [-0.2, -0.15) is 0 Å². The third-order valence-corrected chi connectivity index (χ3v) is 5.13. The number of thiophene rings is 1. The first-order chi connectivity index (χ1) is 12.1. The van der Waals surface area contributed by atoms with Crippen LogP contribution in [0.15, 0.2) is 40.7 Å². The van der Waals surface area contributed by atoms with E-state index in [0.717, 1.165) is 30.5 Å². The molecule has 26 heavy (non-hydrogen) atoms. The van der Waals surface area contributed by atoms with E-state index in [1.54, 1.807) is 18.4 Å². The second-order valence-electron chi connectivity index (χ2n) is 6.60. The van der Waals surface area contributed by atoms with E-state index in [2.05, 4.69) is 59.1 Å². The summed E-state index contributed by atoms with van der Waals surface area (Å²) in [4.78, 5) is 5.59. The van der Waals surface area contributed by atoms with Gasteiger partial charge in [0.25, 0.3) is 0 Å². The molecule has 7 heteroatoms. The van der Waals surface area contributed by atoms with Crippen LogP contribution in [0.2, 0.25) is 0 Å². The van der Waals surface area contributed by atoms with Crippen LogP contribution in [0.1, 0.15) is 24.3 Å². The number of nitrogens with one attached hydrogen (secondary N) is 2. The van der Waals surface area contributed by atoms with Crippen LogP contribution in [-0.4, -0.2) is 32.8 Å². The van der Waals surface area contributed by atoms with E-state index < -0.39 is 0 Å². The van der Waals surface area contributed by atoms with Crippen molar-refractivity contribution in [1.82, 2.24) is 10.6 Å². The van der Waals surface area contributed by atoms with Crippen molar-refractivity contribution in [2.75, 3.05) is 26.8 Å². The van der Waals surface area contributed by atoms with Gasteiger partial charge < -0.3 is 20.1 Å². The molecule has 2 N–H and O–H groups in total. The van der Waals surface area contributed by atoms with Gasteiger partial charge in [0.1, 0.15) is 13.2 Å². The minimum Gasteiger partial charge on any atom is -0.486 e. The van der Waals surface area contributed by atoms with Gasteiger partial charge in [0, 0.05) is 23.9 Å². The Labute approximate surface area is 176 Å². The highest BCUT2D eigenvalue weighted by molar-refractivity contribution is 14.0. The summed E-state index contributed by atoms with van der Waals surface area (Å²) in [5.41, 5.74) is 1.13. The van der Waals surface area contributed by atoms with Crippen LogP contribution in [0.3, 0.4) is 0 Å². The Hall–Kier alpha value is -1.48. The molecule has 0 bridgehead atoms. The Bertz CT molecular complexity index is 732. The van der Waals surface area contributed by atoms with Gasteiger partial charge in [0.05, 0.1) is 6.54 Å². The number of halogens is 1. The molecule has 0 unspecified atom stereocenters. The lowest BCUT2D eigenvalue weighted by atomic mass is 9.84. The zero-order chi connectivity index (χ0) is 17.7. The highest BCUT2D eigenvalue weighted by Gasteiger charge is 2.23. The number of nitrogens with zero attached hydrogens (tertiary/aromatic N) is 1. The lowest BCUT2D eigenvalue weighted by Crippen LogP contribution is -2.43. The summed E-state index contributed by atoms with van der Waals surface area (Å²) in [5.74, 6) is 2.46. The SMILES string of the molecule is CN=C(NCc1cccs1)NCC(C)(C)c1ccc2c(c1)OCCO2.I. The first-order valence-electron chi connectivity index (χ1n) is 8.45.